The van der Waals surface area contributed by atoms with Crippen molar-refractivity contribution in [2.75, 3.05) is 0 Å². The smallest absolute Gasteiger partial charge is 0.429 e. The van der Waals surface area contributed by atoms with Crippen LogP contribution in [0.4, 0.5) is 35.1 Å². The second-order valence-electron chi connectivity index (χ2n) is 9.71. The minimum atomic E-state index is -5.02. The molecule has 2 atom stereocenters. The first-order chi connectivity index (χ1) is 17.9. The van der Waals surface area contributed by atoms with Gasteiger partial charge in [0.15, 0.2) is 0 Å². The summed E-state index contributed by atoms with van der Waals surface area (Å²) in [5.74, 6) is -3.89. The number of unbranched alkanes of at least 4 members (excludes halogenated alkanes) is 1. The molecular formula is C29H26F8O. The zero-order chi connectivity index (χ0) is 27.7. The zero-order valence-corrected chi connectivity index (χ0v) is 20.5. The Bertz CT molecular complexity index is 1280. The van der Waals surface area contributed by atoms with Crippen molar-refractivity contribution in [3.63, 3.8) is 0 Å². The molecule has 204 valence electrons. The van der Waals surface area contributed by atoms with Crippen molar-refractivity contribution >= 4 is 0 Å². The molecule has 1 saturated carbocycles. The van der Waals surface area contributed by atoms with Gasteiger partial charge in [0, 0.05) is 11.6 Å². The average molecular weight is 543 g/mol. The lowest BCUT2D eigenvalue weighted by atomic mass is 9.92. The van der Waals surface area contributed by atoms with Crippen LogP contribution in [0.2, 0.25) is 0 Å². The number of rotatable bonds is 8. The van der Waals surface area contributed by atoms with Crippen LogP contribution in [0.3, 0.4) is 0 Å². The van der Waals surface area contributed by atoms with E-state index in [1.807, 2.05) is 0 Å². The van der Waals surface area contributed by atoms with Gasteiger partial charge in [-0.05, 0) is 72.6 Å². The molecule has 0 amide bonds. The molecule has 9 heteroatoms. The lowest BCUT2D eigenvalue weighted by Gasteiger charge is -2.20. The van der Waals surface area contributed by atoms with Crippen molar-refractivity contribution in [1.82, 2.24) is 0 Å². The predicted octanol–water partition coefficient (Wildman–Crippen LogP) is 9.99. The van der Waals surface area contributed by atoms with Crippen molar-refractivity contribution in [2.24, 2.45) is 5.92 Å². The van der Waals surface area contributed by atoms with Crippen molar-refractivity contribution in [2.45, 2.75) is 63.7 Å². The summed E-state index contributed by atoms with van der Waals surface area (Å²) in [6.45, 7) is 2.14. The van der Waals surface area contributed by atoms with E-state index in [-0.39, 0.29) is 29.2 Å². The maximum absolute atomic E-state index is 15.0. The summed E-state index contributed by atoms with van der Waals surface area (Å²) < 4.78 is 115. The molecule has 0 radical (unpaired) electrons. The highest BCUT2D eigenvalue weighted by molar-refractivity contribution is 5.65. The molecule has 4 rings (SSSR count). The largest absolute Gasteiger partial charge is 0.429 e. The minimum absolute atomic E-state index is 0.0268. The fourth-order valence-corrected chi connectivity index (χ4v) is 5.06. The molecule has 3 aromatic rings. The lowest BCUT2D eigenvalue weighted by Crippen LogP contribution is -2.23. The molecule has 1 aliphatic rings. The van der Waals surface area contributed by atoms with E-state index in [4.69, 9.17) is 0 Å². The summed E-state index contributed by atoms with van der Waals surface area (Å²) >= 11 is 0. The average Bonchev–Trinajstić information content (AvgIpc) is 3.30. The van der Waals surface area contributed by atoms with Crippen LogP contribution in [0.15, 0.2) is 54.6 Å². The van der Waals surface area contributed by atoms with Crippen molar-refractivity contribution in [3.05, 3.63) is 88.7 Å². The molecule has 1 nitrogen and oxygen atoms in total. The highest BCUT2D eigenvalue weighted by Crippen LogP contribution is 2.42. The number of ether oxygens (including phenoxy) is 1. The second-order valence-corrected chi connectivity index (χ2v) is 9.71. The predicted molar refractivity (Wildman–Crippen MR) is 127 cm³/mol. The molecule has 2 unspecified atom stereocenters. The van der Waals surface area contributed by atoms with E-state index in [0.717, 1.165) is 56.2 Å². The van der Waals surface area contributed by atoms with Gasteiger partial charge in [-0.1, -0.05) is 44.4 Å². The molecular weight excluding hydrogens is 516 g/mol. The van der Waals surface area contributed by atoms with E-state index in [0.29, 0.717) is 18.1 Å². The number of alkyl halides is 5. The third kappa shape index (κ3) is 6.13. The summed E-state index contributed by atoms with van der Waals surface area (Å²) in [5, 5.41) is 0. The lowest BCUT2D eigenvalue weighted by molar-refractivity contribution is -0.187. The van der Waals surface area contributed by atoms with Crippen LogP contribution in [0.25, 0.3) is 11.1 Å². The Morgan fingerprint density at radius 1 is 0.789 bits per heavy atom. The van der Waals surface area contributed by atoms with E-state index in [9.17, 15) is 35.1 Å². The van der Waals surface area contributed by atoms with E-state index < -0.39 is 46.6 Å². The van der Waals surface area contributed by atoms with Gasteiger partial charge in [-0.2, -0.15) is 22.0 Å². The Labute approximate surface area is 215 Å². The van der Waals surface area contributed by atoms with Crippen LogP contribution in [0.1, 0.15) is 68.1 Å². The van der Waals surface area contributed by atoms with Gasteiger partial charge in [-0.15, -0.1) is 0 Å². The van der Waals surface area contributed by atoms with Gasteiger partial charge in [-0.3, -0.25) is 0 Å². The monoisotopic (exact) mass is 542 g/mol. The van der Waals surface area contributed by atoms with Gasteiger partial charge < -0.3 is 4.74 Å². The summed E-state index contributed by atoms with van der Waals surface area (Å²) in [6, 6.07) is 8.12. The topological polar surface area (TPSA) is 9.23 Å². The van der Waals surface area contributed by atoms with Crippen molar-refractivity contribution in [3.8, 4) is 16.9 Å². The van der Waals surface area contributed by atoms with Gasteiger partial charge in [0.25, 0.3) is 0 Å². The molecule has 0 N–H and O–H groups in total. The fourth-order valence-electron chi connectivity index (χ4n) is 5.06. The third-order valence-electron chi connectivity index (χ3n) is 7.06. The van der Waals surface area contributed by atoms with Crippen LogP contribution >= 0.6 is 0 Å². The van der Waals surface area contributed by atoms with Crippen molar-refractivity contribution < 1.29 is 39.9 Å². The van der Waals surface area contributed by atoms with E-state index in [2.05, 4.69) is 11.7 Å². The van der Waals surface area contributed by atoms with Crippen LogP contribution in [0, 0.1) is 23.4 Å². The Kier molecular flexibility index (Phi) is 8.04. The summed E-state index contributed by atoms with van der Waals surface area (Å²) in [6.07, 6.45) is -2.86. The molecule has 38 heavy (non-hydrogen) atoms. The quantitative estimate of drug-likeness (QED) is 0.258. The first kappa shape index (κ1) is 27.9. The van der Waals surface area contributed by atoms with Gasteiger partial charge >= 0.3 is 12.3 Å². The minimum Gasteiger partial charge on any atom is -0.429 e. The van der Waals surface area contributed by atoms with E-state index >= 15 is 0 Å². The second kappa shape index (κ2) is 10.9. The SMILES string of the molecule is CCCCC1CCC(c2ccc(-c3ccc(C(F)(F)Oc4ccc(C(F)(F)F)c(F)c4)c(F)c3)c(F)c2)C1. The summed E-state index contributed by atoms with van der Waals surface area (Å²) in [5.41, 5.74) is -1.97. The summed E-state index contributed by atoms with van der Waals surface area (Å²) in [7, 11) is 0. The maximum atomic E-state index is 15.0. The van der Waals surface area contributed by atoms with Crippen LogP contribution < -0.4 is 4.74 Å². The fraction of sp³-hybridized carbons (Fsp3) is 0.379. The Morgan fingerprint density at radius 2 is 1.50 bits per heavy atom. The van der Waals surface area contributed by atoms with Crippen LogP contribution in [-0.2, 0) is 12.3 Å². The zero-order valence-electron chi connectivity index (χ0n) is 20.5. The maximum Gasteiger partial charge on any atom is 0.429 e. The molecule has 0 aromatic heterocycles. The number of hydrogen-bond acceptors (Lipinski definition) is 1. The molecule has 0 spiro atoms. The normalized spacial score (nSPS) is 18.1. The molecule has 0 aliphatic heterocycles. The Balaban J connectivity index is 1.51. The van der Waals surface area contributed by atoms with Crippen molar-refractivity contribution in [1.29, 1.82) is 0 Å². The third-order valence-corrected chi connectivity index (χ3v) is 7.06. The number of hydrogen-bond donors (Lipinski definition) is 0. The molecule has 1 aliphatic carbocycles. The van der Waals surface area contributed by atoms with E-state index in [1.54, 1.807) is 6.07 Å². The van der Waals surface area contributed by atoms with Crippen LogP contribution in [0.5, 0.6) is 5.75 Å². The first-order valence-corrected chi connectivity index (χ1v) is 12.4. The highest BCUT2D eigenvalue weighted by Gasteiger charge is 2.39. The highest BCUT2D eigenvalue weighted by atomic mass is 19.4. The molecule has 0 saturated heterocycles. The molecule has 3 aromatic carbocycles. The van der Waals surface area contributed by atoms with Crippen LogP contribution in [-0.4, -0.2) is 0 Å². The van der Waals surface area contributed by atoms with Gasteiger partial charge in [0.2, 0.25) is 0 Å². The molecule has 0 heterocycles. The standard InChI is InChI=1S/C29H26F8O/c1-2-3-4-17-5-6-18(13-17)19-7-10-22(25(30)14-19)20-8-11-24(26(31)15-20)29(36,37)38-21-9-12-23(27(32)16-21)28(33,34)35/h7-12,14-18H,2-6,13H2,1H3. The van der Waals surface area contributed by atoms with E-state index in [1.165, 1.54) is 12.1 Å². The summed E-state index contributed by atoms with van der Waals surface area (Å²) in [4.78, 5) is 0. The number of halogens is 8. The first-order valence-electron chi connectivity index (χ1n) is 12.4. The van der Waals surface area contributed by atoms with Gasteiger partial charge in [0.05, 0.1) is 11.1 Å². The van der Waals surface area contributed by atoms with Gasteiger partial charge in [0.1, 0.15) is 23.2 Å². The van der Waals surface area contributed by atoms with Gasteiger partial charge in [-0.25, -0.2) is 13.2 Å². The number of benzene rings is 3. The molecule has 1 fully saturated rings. The Morgan fingerprint density at radius 3 is 2.13 bits per heavy atom. The molecule has 0 bridgehead atoms. The Hall–Kier alpha value is -3.10.